The molecule has 0 aromatic rings. The Morgan fingerprint density at radius 3 is 2.24 bits per heavy atom. The van der Waals surface area contributed by atoms with Gasteiger partial charge in [0.15, 0.2) is 0 Å². The van der Waals surface area contributed by atoms with Crippen molar-refractivity contribution in [3.05, 3.63) is 0 Å². The molecule has 0 bridgehead atoms. The first-order valence-corrected chi connectivity index (χ1v) is 9.80. The highest BCUT2D eigenvalue weighted by Gasteiger charge is 2.29. The van der Waals surface area contributed by atoms with Crippen LogP contribution < -0.4 is 10.0 Å². The largest absolute Gasteiger partial charge is 0.314 e. The maximum absolute atomic E-state index is 12.3. The number of piperidine rings is 1. The van der Waals surface area contributed by atoms with Gasteiger partial charge in [-0.2, -0.15) is 12.7 Å². The molecule has 0 amide bonds. The Hall–Kier alpha value is -0.170. The van der Waals surface area contributed by atoms with Crippen molar-refractivity contribution in [2.75, 3.05) is 26.2 Å². The summed E-state index contributed by atoms with van der Waals surface area (Å²) in [5.74, 6) is 1.48. The van der Waals surface area contributed by atoms with E-state index in [4.69, 9.17) is 0 Å². The molecule has 2 fully saturated rings. The molecular formula is C15H31N3O2S. The Morgan fingerprint density at radius 2 is 1.71 bits per heavy atom. The highest BCUT2D eigenvalue weighted by Crippen LogP contribution is 2.22. The molecule has 0 spiro atoms. The number of hydrogen-bond acceptors (Lipinski definition) is 3. The van der Waals surface area contributed by atoms with E-state index in [1.807, 2.05) is 0 Å². The summed E-state index contributed by atoms with van der Waals surface area (Å²) in [5.41, 5.74) is 0. The smallest absolute Gasteiger partial charge is 0.279 e. The van der Waals surface area contributed by atoms with Gasteiger partial charge in [-0.15, -0.1) is 0 Å². The molecule has 1 unspecified atom stereocenters. The summed E-state index contributed by atoms with van der Waals surface area (Å²) in [6.07, 6.45) is 4.57. The molecule has 1 aliphatic heterocycles. The van der Waals surface area contributed by atoms with Gasteiger partial charge >= 0.3 is 0 Å². The second-order valence-electron chi connectivity index (χ2n) is 7.10. The van der Waals surface area contributed by atoms with Gasteiger partial charge in [-0.25, -0.2) is 4.72 Å². The quantitative estimate of drug-likeness (QED) is 0.714. The molecule has 2 aliphatic rings. The zero-order valence-electron chi connectivity index (χ0n) is 13.6. The van der Waals surface area contributed by atoms with Crippen LogP contribution in [0.4, 0.5) is 0 Å². The Morgan fingerprint density at radius 1 is 1.10 bits per heavy atom. The average molecular weight is 317 g/mol. The minimum absolute atomic E-state index is 0.361. The van der Waals surface area contributed by atoms with Gasteiger partial charge < -0.3 is 5.32 Å². The summed E-state index contributed by atoms with van der Waals surface area (Å²) >= 11 is 0. The molecule has 2 rings (SSSR count). The van der Waals surface area contributed by atoms with Crippen LogP contribution in [-0.4, -0.2) is 44.9 Å². The topological polar surface area (TPSA) is 61.4 Å². The maximum Gasteiger partial charge on any atom is 0.279 e. The molecule has 5 nitrogen and oxygen atoms in total. The van der Waals surface area contributed by atoms with Crippen LogP contribution in [0.25, 0.3) is 0 Å². The standard InChI is InChI=1S/C15H31N3O2S/c1-12(2)13(3)10-17-21(19,20)18-8-6-14(7-9-18)11-16-15-4-5-15/h12-17H,4-11H2,1-3H3. The zero-order valence-corrected chi connectivity index (χ0v) is 14.5. The first kappa shape index (κ1) is 17.2. The maximum atomic E-state index is 12.3. The molecule has 1 saturated heterocycles. The summed E-state index contributed by atoms with van der Waals surface area (Å²) in [6, 6.07) is 0.742. The van der Waals surface area contributed by atoms with Crippen LogP contribution in [0.5, 0.6) is 0 Å². The van der Waals surface area contributed by atoms with Crippen molar-refractivity contribution in [2.24, 2.45) is 17.8 Å². The number of nitrogens with one attached hydrogen (secondary N) is 2. The van der Waals surface area contributed by atoms with Gasteiger partial charge in [0.1, 0.15) is 0 Å². The fourth-order valence-corrected chi connectivity index (χ4v) is 3.89. The Balaban J connectivity index is 1.71. The molecule has 124 valence electrons. The van der Waals surface area contributed by atoms with Crippen molar-refractivity contribution in [3.8, 4) is 0 Å². The van der Waals surface area contributed by atoms with Gasteiger partial charge in [0, 0.05) is 25.7 Å². The van der Waals surface area contributed by atoms with Crippen LogP contribution in [0.3, 0.4) is 0 Å². The van der Waals surface area contributed by atoms with Crippen molar-refractivity contribution in [3.63, 3.8) is 0 Å². The van der Waals surface area contributed by atoms with Crippen molar-refractivity contribution < 1.29 is 8.42 Å². The van der Waals surface area contributed by atoms with Crippen LogP contribution in [-0.2, 0) is 10.2 Å². The molecule has 1 atom stereocenters. The van der Waals surface area contributed by atoms with E-state index in [-0.39, 0.29) is 0 Å². The van der Waals surface area contributed by atoms with E-state index in [1.54, 1.807) is 4.31 Å². The van der Waals surface area contributed by atoms with Crippen LogP contribution in [0.15, 0.2) is 0 Å². The van der Waals surface area contributed by atoms with Crippen molar-refractivity contribution in [1.29, 1.82) is 0 Å². The van der Waals surface area contributed by atoms with E-state index in [0.29, 0.717) is 37.4 Å². The van der Waals surface area contributed by atoms with Crippen LogP contribution in [0.2, 0.25) is 0 Å². The van der Waals surface area contributed by atoms with Gasteiger partial charge in [-0.1, -0.05) is 20.8 Å². The molecule has 0 aromatic heterocycles. The molecule has 1 aliphatic carbocycles. The Labute approximate surface area is 130 Å². The first-order chi connectivity index (χ1) is 9.88. The molecule has 1 heterocycles. The van der Waals surface area contributed by atoms with Gasteiger partial charge in [0.2, 0.25) is 0 Å². The second-order valence-corrected chi connectivity index (χ2v) is 8.85. The summed E-state index contributed by atoms with van der Waals surface area (Å²) in [4.78, 5) is 0. The van der Waals surface area contributed by atoms with E-state index < -0.39 is 10.2 Å². The summed E-state index contributed by atoms with van der Waals surface area (Å²) < 4.78 is 29.0. The average Bonchev–Trinajstić information content (AvgIpc) is 3.27. The van der Waals surface area contributed by atoms with E-state index in [0.717, 1.165) is 25.4 Å². The van der Waals surface area contributed by atoms with Crippen LogP contribution in [0, 0.1) is 17.8 Å². The SMILES string of the molecule is CC(C)C(C)CNS(=O)(=O)N1CCC(CNC2CC2)CC1. The predicted molar refractivity (Wildman–Crippen MR) is 86.2 cm³/mol. The summed E-state index contributed by atoms with van der Waals surface area (Å²) in [5, 5.41) is 3.55. The lowest BCUT2D eigenvalue weighted by molar-refractivity contribution is 0.263. The van der Waals surface area contributed by atoms with Gasteiger partial charge in [0.05, 0.1) is 0 Å². The minimum atomic E-state index is -3.29. The molecule has 2 N–H and O–H groups in total. The third-order valence-electron chi connectivity index (χ3n) is 4.91. The molecular weight excluding hydrogens is 286 g/mol. The van der Waals surface area contributed by atoms with E-state index in [9.17, 15) is 8.42 Å². The van der Waals surface area contributed by atoms with Crippen molar-refractivity contribution >= 4 is 10.2 Å². The molecule has 1 saturated carbocycles. The lowest BCUT2D eigenvalue weighted by atomic mass is 9.98. The van der Waals surface area contributed by atoms with Crippen molar-refractivity contribution in [1.82, 2.24) is 14.3 Å². The lowest BCUT2D eigenvalue weighted by Crippen LogP contribution is -2.47. The molecule has 21 heavy (non-hydrogen) atoms. The van der Waals surface area contributed by atoms with E-state index in [2.05, 4.69) is 30.8 Å². The van der Waals surface area contributed by atoms with Crippen LogP contribution >= 0.6 is 0 Å². The lowest BCUT2D eigenvalue weighted by Gasteiger charge is -2.31. The third-order valence-corrected chi connectivity index (χ3v) is 6.49. The summed E-state index contributed by atoms with van der Waals surface area (Å²) in [7, 11) is -3.29. The highest BCUT2D eigenvalue weighted by atomic mass is 32.2. The van der Waals surface area contributed by atoms with Crippen molar-refractivity contribution in [2.45, 2.75) is 52.5 Å². The van der Waals surface area contributed by atoms with Gasteiger partial charge in [-0.3, -0.25) is 0 Å². The second kappa shape index (κ2) is 7.40. The summed E-state index contributed by atoms with van der Waals surface area (Å²) in [6.45, 7) is 9.22. The van der Waals surface area contributed by atoms with Crippen LogP contribution in [0.1, 0.15) is 46.5 Å². The third kappa shape index (κ3) is 5.51. The first-order valence-electron chi connectivity index (χ1n) is 8.36. The number of hydrogen-bond donors (Lipinski definition) is 2. The fraction of sp³-hybridized carbons (Fsp3) is 1.00. The monoisotopic (exact) mass is 317 g/mol. The number of nitrogens with zero attached hydrogens (tertiary/aromatic N) is 1. The molecule has 6 heteroatoms. The van der Waals surface area contributed by atoms with E-state index in [1.165, 1.54) is 12.8 Å². The number of rotatable bonds is 8. The molecule has 0 aromatic carbocycles. The fourth-order valence-electron chi connectivity index (χ4n) is 2.54. The normalized spacial score (nSPS) is 23.6. The van der Waals surface area contributed by atoms with Gasteiger partial charge in [-0.05, 0) is 50.0 Å². The highest BCUT2D eigenvalue weighted by molar-refractivity contribution is 7.87. The Bertz CT molecular complexity index is 413. The zero-order chi connectivity index (χ0) is 15.5. The van der Waals surface area contributed by atoms with Gasteiger partial charge in [0.25, 0.3) is 10.2 Å². The predicted octanol–water partition coefficient (Wildman–Crippen LogP) is 1.58. The van der Waals surface area contributed by atoms with E-state index >= 15 is 0 Å². The molecule has 0 radical (unpaired) electrons. The minimum Gasteiger partial charge on any atom is -0.314 e. The Kier molecular flexibility index (Phi) is 6.05.